The lowest BCUT2D eigenvalue weighted by Crippen LogP contribution is -2.69. The standard InChI is InChI=1S/C24H23NO8/c1-29-22(28)24-13-31-19-15(26)7-9-23(20(19)24,12-30-18(27)8-10-25)16-11-17(24)33-21(32-16)14-5-3-2-4-6-14/h2-7,9,16-17,19-21H,8,11-13H2,1H3/t16-,17+,19-,20+,21+,23+,24-/m0/s1. The van der Waals surface area contributed by atoms with E-state index in [9.17, 15) is 14.4 Å². The Bertz CT molecular complexity index is 1050. The highest BCUT2D eigenvalue weighted by Gasteiger charge is 2.75. The predicted octanol–water partition coefficient (Wildman–Crippen LogP) is 1.63. The number of hydrogen-bond donors (Lipinski definition) is 0. The molecule has 5 rings (SSSR count). The van der Waals surface area contributed by atoms with Gasteiger partial charge in [-0.3, -0.25) is 14.4 Å². The monoisotopic (exact) mass is 453 g/mol. The van der Waals surface area contributed by atoms with E-state index >= 15 is 0 Å². The molecule has 9 heteroatoms. The highest BCUT2D eigenvalue weighted by molar-refractivity contribution is 5.97. The minimum Gasteiger partial charge on any atom is -0.468 e. The van der Waals surface area contributed by atoms with Gasteiger partial charge in [0.05, 0.1) is 37.4 Å². The van der Waals surface area contributed by atoms with Crippen LogP contribution < -0.4 is 0 Å². The van der Waals surface area contributed by atoms with Crippen molar-refractivity contribution in [1.29, 1.82) is 5.26 Å². The van der Waals surface area contributed by atoms with Crippen molar-refractivity contribution in [2.24, 2.45) is 16.7 Å². The number of methoxy groups -OCH3 is 1. The van der Waals surface area contributed by atoms with Crippen molar-refractivity contribution in [3.8, 4) is 6.07 Å². The summed E-state index contributed by atoms with van der Waals surface area (Å²) in [6.07, 6.45) is 0.136. The molecule has 0 N–H and O–H groups in total. The Labute approximate surface area is 190 Å². The van der Waals surface area contributed by atoms with E-state index < -0.39 is 59.7 Å². The van der Waals surface area contributed by atoms with Gasteiger partial charge in [-0.1, -0.05) is 36.4 Å². The topological polar surface area (TPSA) is 121 Å². The van der Waals surface area contributed by atoms with Gasteiger partial charge in [0.25, 0.3) is 0 Å². The molecule has 2 aliphatic heterocycles. The molecule has 3 fully saturated rings. The van der Waals surface area contributed by atoms with Gasteiger partial charge in [-0.2, -0.15) is 5.26 Å². The van der Waals surface area contributed by atoms with Gasteiger partial charge in [-0.05, 0) is 6.08 Å². The first-order valence-corrected chi connectivity index (χ1v) is 10.8. The second-order valence-corrected chi connectivity index (χ2v) is 8.81. The Kier molecular flexibility index (Phi) is 5.32. The van der Waals surface area contributed by atoms with Gasteiger partial charge in [-0.15, -0.1) is 0 Å². The Balaban J connectivity index is 1.62. The summed E-state index contributed by atoms with van der Waals surface area (Å²) in [6, 6.07) is 11.1. The van der Waals surface area contributed by atoms with E-state index in [1.54, 1.807) is 12.1 Å². The maximum Gasteiger partial charge on any atom is 0.320 e. The molecule has 2 heterocycles. The maximum absolute atomic E-state index is 13.3. The van der Waals surface area contributed by atoms with Crippen LogP contribution in [-0.4, -0.2) is 56.4 Å². The van der Waals surface area contributed by atoms with Gasteiger partial charge in [0.2, 0.25) is 0 Å². The lowest BCUT2D eigenvalue weighted by atomic mass is 9.49. The van der Waals surface area contributed by atoms with Gasteiger partial charge in [0.15, 0.2) is 12.1 Å². The number of ketones is 1. The van der Waals surface area contributed by atoms with Crippen molar-refractivity contribution in [3.63, 3.8) is 0 Å². The fourth-order valence-corrected chi connectivity index (χ4v) is 5.87. The molecule has 0 unspecified atom stereocenters. The molecular formula is C24H23NO8. The molecule has 0 spiro atoms. The lowest BCUT2D eigenvalue weighted by Gasteiger charge is -2.59. The fourth-order valence-electron chi connectivity index (χ4n) is 5.87. The van der Waals surface area contributed by atoms with Crippen LogP contribution in [0.4, 0.5) is 0 Å². The summed E-state index contributed by atoms with van der Waals surface area (Å²) < 4.78 is 29.3. The molecule has 172 valence electrons. The Morgan fingerprint density at radius 1 is 1.21 bits per heavy atom. The second-order valence-electron chi connectivity index (χ2n) is 8.81. The van der Waals surface area contributed by atoms with Crippen LogP contribution in [0.2, 0.25) is 0 Å². The molecule has 1 aromatic rings. The van der Waals surface area contributed by atoms with Crippen LogP contribution in [0.25, 0.3) is 0 Å². The van der Waals surface area contributed by atoms with E-state index in [1.807, 2.05) is 30.3 Å². The smallest absolute Gasteiger partial charge is 0.320 e. The summed E-state index contributed by atoms with van der Waals surface area (Å²) in [4.78, 5) is 38.2. The number of nitrogens with zero attached hydrogens (tertiary/aromatic N) is 1. The van der Waals surface area contributed by atoms with Gasteiger partial charge in [-0.25, -0.2) is 0 Å². The molecule has 1 saturated carbocycles. The Morgan fingerprint density at radius 3 is 2.70 bits per heavy atom. The lowest BCUT2D eigenvalue weighted by molar-refractivity contribution is -0.327. The van der Waals surface area contributed by atoms with Crippen LogP contribution in [0.5, 0.6) is 0 Å². The number of hydrogen-bond acceptors (Lipinski definition) is 9. The number of rotatable bonds is 5. The van der Waals surface area contributed by atoms with Crippen LogP contribution in [0.3, 0.4) is 0 Å². The van der Waals surface area contributed by atoms with E-state index in [0.29, 0.717) is 6.42 Å². The van der Waals surface area contributed by atoms with Crippen LogP contribution in [0.15, 0.2) is 42.5 Å². The SMILES string of the molecule is COC(=O)[C@@]12CO[C@H]3C(=O)C=C[C@@](COC(=O)CC#N)([C@@H]4C[C@H]1O[C@H](c1ccccc1)O4)[C@@H]32. The van der Waals surface area contributed by atoms with Crippen molar-refractivity contribution >= 4 is 17.7 Å². The zero-order valence-corrected chi connectivity index (χ0v) is 18.0. The van der Waals surface area contributed by atoms with E-state index in [0.717, 1.165) is 5.56 Å². The second kappa shape index (κ2) is 8.06. The molecule has 9 nitrogen and oxygen atoms in total. The fraction of sp³-hybridized carbons (Fsp3) is 0.500. The van der Waals surface area contributed by atoms with Crippen molar-refractivity contribution in [2.75, 3.05) is 20.3 Å². The van der Waals surface area contributed by atoms with Crippen LogP contribution >= 0.6 is 0 Å². The van der Waals surface area contributed by atoms with Crippen LogP contribution in [-0.2, 0) is 38.1 Å². The molecule has 7 atom stereocenters. The minimum absolute atomic E-state index is 0.0603. The van der Waals surface area contributed by atoms with Crippen molar-refractivity contribution < 1.29 is 38.1 Å². The van der Waals surface area contributed by atoms with E-state index in [2.05, 4.69) is 0 Å². The van der Waals surface area contributed by atoms with Gasteiger partial charge in [0, 0.05) is 17.9 Å². The van der Waals surface area contributed by atoms with Gasteiger partial charge >= 0.3 is 11.9 Å². The largest absolute Gasteiger partial charge is 0.468 e. The van der Waals surface area contributed by atoms with Crippen LogP contribution in [0.1, 0.15) is 24.7 Å². The summed E-state index contributed by atoms with van der Waals surface area (Å²) in [7, 11) is 1.29. The summed E-state index contributed by atoms with van der Waals surface area (Å²) >= 11 is 0. The molecular weight excluding hydrogens is 430 g/mol. The number of carbonyl (C=O) groups excluding carboxylic acids is 3. The first-order chi connectivity index (χ1) is 16.0. The molecule has 0 aromatic heterocycles. The molecule has 2 saturated heterocycles. The molecule has 0 amide bonds. The molecule has 2 aliphatic carbocycles. The number of fused-ring (bicyclic) bond motifs is 4. The number of nitriles is 1. The van der Waals surface area contributed by atoms with Crippen LogP contribution in [0, 0.1) is 28.1 Å². The normalized spacial score (nSPS) is 38.2. The third-order valence-corrected chi connectivity index (χ3v) is 7.30. The zero-order valence-electron chi connectivity index (χ0n) is 18.0. The number of esters is 2. The van der Waals surface area contributed by atoms with Crippen molar-refractivity contribution in [2.45, 2.75) is 37.4 Å². The average Bonchev–Trinajstić information content (AvgIpc) is 3.27. The maximum atomic E-state index is 13.3. The molecule has 2 bridgehead atoms. The highest BCUT2D eigenvalue weighted by Crippen LogP contribution is 2.64. The number of carbonyl (C=O) groups is 3. The first-order valence-electron chi connectivity index (χ1n) is 10.8. The van der Waals surface area contributed by atoms with Gasteiger partial charge < -0.3 is 23.7 Å². The zero-order chi connectivity index (χ0) is 23.2. The summed E-state index contributed by atoms with van der Waals surface area (Å²) in [5.74, 6) is -2.22. The molecule has 0 radical (unpaired) electrons. The number of benzene rings is 1. The summed E-state index contributed by atoms with van der Waals surface area (Å²) in [5.41, 5.74) is -1.55. The minimum atomic E-state index is -1.28. The van der Waals surface area contributed by atoms with E-state index in [1.165, 1.54) is 13.2 Å². The van der Waals surface area contributed by atoms with Crippen molar-refractivity contribution in [3.05, 3.63) is 48.0 Å². The van der Waals surface area contributed by atoms with Gasteiger partial charge in [0.1, 0.15) is 24.5 Å². The molecule has 33 heavy (non-hydrogen) atoms. The van der Waals surface area contributed by atoms with E-state index in [4.69, 9.17) is 28.9 Å². The van der Waals surface area contributed by atoms with E-state index in [-0.39, 0.29) is 19.0 Å². The predicted molar refractivity (Wildman–Crippen MR) is 109 cm³/mol. The average molecular weight is 453 g/mol. The Morgan fingerprint density at radius 2 is 1.97 bits per heavy atom. The third-order valence-electron chi connectivity index (χ3n) is 7.30. The third kappa shape index (κ3) is 3.13. The number of ether oxygens (including phenoxy) is 5. The first kappa shape index (κ1) is 21.8. The summed E-state index contributed by atoms with van der Waals surface area (Å²) in [5, 5.41) is 8.85. The highest BCUT2D eigenvalue weighted by atomic mass is 16.7. The molecule has 1 aromatic carbocycles. The quantitative estimate of drug-likeness (QED) is 0.612. The van der Waals surface area contributed by atoms with Crippen molar-refractivity contribution in [1.82, 2.24) is 0 Å². The summed E-state index contributed by atoms with van der Waals surface area (Å²) in [6.45, 7) is -0.228. The molecule has 4 aliphatic rings. The Hall–Kier alpha value is -3.06.